The maximum atomic E-state index is 11.4. The molecule has 0 spiro atoms. The van der Waals surface area contributed by atoms with E-state index in [0.717, 1.165) is 11.5 Å². The Kier molecular flexibility index (Phi) is 4.81. The lowest BCUT2D eigenvalue weighted by Gasteiger charge is -1.98. The summed E-state index contributed by atoms with van der Waals surface area (Å²) in [5.74, 6) is 3.03. The van der Waals surface area contributed by atoms with Crippen molar-refractivity contribution in [3.8, 4) is 0 Å². The van der Waals surface area contributed by atoms with E-state index in [1.54, 1.807) is 11.8 Å². The summed E-state index contributed by atoms with van der Waals surface area (Å²) in [6.45, 7) is 5.81. The second-order valence-electron chi connectivity index (χ2n) is 3.54. The molecule has 84 valence electrons. The summed E-state index contributed by atoms with van der Waals surface area (Å²) in [6, 6.07) is 0. The van der Waals surface area contributed by atoms with Gasteiger partial charge in [0.15, 0.2) is 5.82 Å². The van der Waals surface area contributed by atoms with Crippen molar-refractivity contribution < 1.29 is 9.32 Å². The lowest BCUT2D eigenvalue weighted by Crippen LogP contribution is -2.10. The summed E-state index contributed by atoms with van der Waals surface area (Å²) < 4.78 is 4.99. The Morgan fingerprint density at radius 3 is 2.87 bits per heavy atom. The minimum absolute atomic E-state index is 0.0189. The number of carbonyl (C=O) groups is 1. The quantitative estimate of drug-likeness (QED) is 0.746. The number of thioether (sulfide) groups is 1. The molecule has 0 saturated heterocycles. The van der Waals surface area contributed by atoms with E-state index in [2.05, 4.69) is 17.1 Å². The summed E-state index contributed by atoms with van der Waals surface area (Å²) in [4.78, 5) is 15.6. The van der Waals surface area contributed by atoms with Crippen molar-refractivity contribution in [1.82, 2.24) is 10.1 Å². The number of carbonyl (C=O) groups excluding carboxylic acids is 1. The molecule has 0 fully saturated rings. The van der Waals surface area contributed by atoms with E-state index in [4.69, 9.17) is 4.52 Å². The molecule has 0 aliphatic carbocycles. The van der Waals surface area contributed by atoms with E-state index in [0.29, 0.717) is 11.7 Å². The fourth-order valence-corrected chi connectivity index (χ4v) is 1.47. The van der Waals surface area contributed by atoms with E-state index in [1.807, 2.05) is 13.8 Å². The van der Waals surface area contributed by atoms with Gasteiger partial charge in [-0.2, -0.15) is 16.7 Å². The van der Waals surface area contributed by atoms with Gasteiger partial charge in [-0.25, -0.2) is 0 Å². The molecule has 1 aromatic rings. The van der Waals surface area contributed by atoms with Gasteiger partial charge in [0.25, 0.3) is 0 Å². The van der Waals surface area contributed by atoms with Crippen molar-refractivity contribution in [2.75, 3.05) is 5.75 Å². The topological polar surface area (TPSA) is 56.0 Å². The number of hydrogen-bond acceptors (Lipinski definition) is 5. The van der Waals surface area contributed by atoms with E-state index in [-0.39, 0.29) is 18.1 Å². The molecule has 0 bridgehead atoms. The Balaban J connectivity index is 2.49. The van der Waals surface area contributed by atoms with Crippen LogP contribution in [0.25, 0.3) is 0 Å². The third-order valence-corrected chi connectivity index (χ3v) is 2.79. The predicted octanol–water partition coefficient (Wildman–Crippen LogP) is 2.09. The first-order valence-corrected chi connectivity index (χ1v) is 6.20. The molecule has 15 heavy (non-hydrogen) atoms. The first kappa shape index (κ1) is 12.2. The average molecular weight is 228 g/mol. The molecule has 0 radical (unpaired) electrons. The maximum absolute atomic E-state index is 11.4. The van der Waals surface area contributed by atoms with Crippen LogP contribution in [0.1, 0.15) is 32.5 Å². The van der Waals surface area contributed by atoms with Crippen molar-refractivity contribution in [3.63, 3.8) is 0 Å². The molecule has 0 N–H and O–H groups in total. The summed E-state index contributed by atoms with van der Waals surface area (Å²) >= 11 is 1.73. The maximum Gasteiger partial charge on any atom is 0.234 e. The molecule has 5 heteroatoms. The lowest BCUT2D eigenvalue weighted by atomic mass is 10.1. The zero-order valence-corrected chi connectivity index (χ0v) is 10.1. The molecule has 0 aliphatic rings. The van der Waals surface area contributed by atoms with Crippen molar-refractivity contribution >= 4 is 17.5 Å². The Labute approximate surface area is 93.8 Å². The summed E-state index contributed by atoms with van der Waals surface area (Å²) in [5, 5.41) is 3.81. The highest BCUT2D eigenvalue weighted by Crippen LogP contribution is 2.09. The summed E-state index contributed by atoms with van der Waals surface area (Å²) in [6.07, 6.45) is 0.251. The lowest BCUT2D eigenvalue weighted by molar-refractivity contribution is -0.121. The first-order valence-electron chi connectivity index (χ1n) is 5.05. The van der Waals surface area contributed by atoms with Gasteiger partial charge in [0.05, 0.1) is 12.2 Å². The van der Waals surface area contributed by atoms with Gasteiger partial charge in [-0.3, -0.25) is 4.79 Å². The van der Waals surface area contributed by atoms with Gasteiger partial charge in [0.2, 0.25) is 5.89 Å². The number of hydrogen-bond donors (Lipinski definition) is 0. The first-order chi connectivity index (χ1) is 7.13. The van der Waals surface area contributed by atoms with Gasteiger partial charge in [-0.1, -0.05) is 25.9 Å². The van der Waals surface area contributed by atoms with E-state index >= 15 is 0 Å². The SMILES string of the molecule is CCSCc1noc(CC(=O)C(C)C)n1. The highest BCUT2D eigenvalue weighted by molar-refractivity contribution is 7.98. The van der Waals surface area contributed by atoms with Crippen LogP contribution >= 0.6 is 11.8 Å². The Bertz CT molecular complexity index is 323. The predicted molar refractivity (Wildman–Crippen MR) is 59.7 cm³/mol. The molecular formula is C10H16N2O2S. The largest absolute Gasteiger partial charge is 0.339 e. The van der Waals surface area contributed by atoms with Crippen LogP contribution in [0.4, 0.5) is 0 Å². The van der Waals surface area contributed by atoms with Crippen LogP contribution in [-0.4, -0.2) is 21.7 Å². The number of Topliss-reactive ketones (excluding diaryl/α,β-unsaturated/α-hetero) is 1. The summed E-state index contributed by atoms with van der Waals surface area (Å²) in [7, 11) is 0. The standard InChI is InChI=1S/C10H16N2O2S/c1-4-15-6-9-11-10(14-12-9)5-8(13)7(2)3/h7H,4-6H2,1-3H3. The molecule has 0 aliphatic heterocycles. The molecule has 1 aromatic heterocycles. The number of nitrogens with zero attached hydrogens (tertiary/aromatic N) is 2. The van der Waals surface area contributed by atoms with E-state index < -0.39 is 0 Å². The van der Waals surface area contributed by atoms with E-state index in [1.165, 1.54) is 0 Å². The molecule has 0 saturated carbocycles. The van der Waals surface area contributed by atoms with Crippen LogP contribution in [-0.2, 0) is 17.0 Å². The van der Waals surface area contributed by atoms with Gasteiger partial charge in [-0.05, 0) is 5.75 Å². The van der Waals surface area contributed by atoms with Crippen molar-refractivity contribution in [3.05, 3.63) is 11.7 Å². The van der Waals surface area contributed by atoms with Crippen LogP contribution in [0.2, 0.25) is 0 Å². The summed E-state index contributed by atoms with van der Waals surface area (Å²) in [5.41, 5.74) is 0. The third kappa shape index (κ3) is 4.03. The molecule has 1 rings (SSSR count). The molecule has 0 amide bonds. The number of ketones is 1. The van der Waals surface area contributed by atoms with Gasteiger partial charge in [-0.15, -0.1) is 0 Å². The highest BCUT2D eigenvalue weighted by Gasteiger charge is 2.13. The van der Waals surface area contributed by atoms with Gasteiger partial charge >= 0.3 is 0 Å². The monoisotopic (exact) mass is 228 g/mol. The minimum Gasteiger partial charge on any atom is -0.339 e. The van der Waals surface area contributed by atoms with Crippen molar-refractivity contribution in [2.45, 2.75) is 32.9 Å². The number of rotatable bonds is 6. The number of aromatic nitrogens is 2. The van der Waals surface area contributed by atoms with Crippen LogP contribution in [0.5, 0.6) is 0 Å². The Hall–Kier alpha value is -0.840. The fourth-order valence-electron chi connectivity index (χ4n) is 0.967. The molecule has 0 aromatic carbocycles. The average Bonchev–Trinajstić information content (AvgIpc) is 2.62. The fraction of sp³-hybridized carbons (Fsp3) is 0.700. The van der Waals surface area contributed by atoms with Gasteiger partial charge in [0.1, 0.15) is 5.78 Å². The zero-order chi connectivity index (χ0) is 11.3. The molecular weight excluding hydrogens is 212 g/mol. The zero-order valence-electron chi connectivity index (χ0n) is 9.32. The van der Waals surface area contributed by atoms with Crippen molar-refractivity contribution in [1.29, 1.82) is 0 Å². The van der Waals surface area contributed by atoms with Gasteiger partial charge < -0.3 is 4.52 Å². The van der Waals surface area contributed by atoms with Gasteiger partial charge in [0, 0.05) is 5.92 Å². The van der Waals surface area contributed by atoms with Crippen LogP contribution in [0.3, 0.4) is 0 Å². The second kappa shape index (κ2) is 5.90. The molecule has 4 nitrogen and oxygen atoms in total. The van der Waals surface area contributed by atoms with E-state index in [9.17, 15) is 4.79 Å². The highest BCUT2D eigenvalue weighted by atomic mass is 32.2. The Morgan fingerprint density at radius 1 is 1.53 bits per heavy atom. The Morgan fingerprint density at radius 2 is 2.27 bits per heavy atom. The smallest absolute Gasteiger partial charge is 0.234 e. The normalized spacial score (nSPS) is 10.9. The third-order valence-electron chi connectivity index (χ3n) is 1.91. The van der Waals surface area contributed by atoms with Crippen LogP contribution < -0.4 is 0 Å². The van der Waals surface area contributed by atoms with Crippen molar-refractivity contribution in [2.24, 2.45) is 5.92 Å². The minimum atomic E-state index is 0.0189. The second-order valence-corrected chi connectivity index (χ2v) is 4.81. The molecule has 0 unspecified atom stereocenters. The molecule has 1 heterocycles. The van der Waals surface area contributed by atoms with Crippen LogP contribution in [0.15, 0.2) is 4.52 Å². The van der Waals surface area contributed by atoms with Crippen LogP contribution in [0, 0.1) is 5.92 Å². The molecule has 0 atom stereocenters.